The Kier molecular flexibility index (Phi) is 5.11. The van der Waals surface area contributed by atoms with E-state index in [1.54, 1.807) is 12.1 Å². The van der Waals surface area contributed by atoms with Crippen molar-refractivity contribution in [1.29, 1.82) is 0 Å². The van der Waals surface area contributed by atoms with Crippen LogP contribution in [-0.4, -0.2) is 29.3 Å². The lowest BCUT2D eigenvalue weighted by atomic mass is 10.2. The van der Waals surface area contributed by atoms with Crippen molar-refractivity contribution < 1.29 is 19.0 Å². The fourth-order valence-electron chi connectivity index (χ4n) is 1.14. The molecule has 0 spiro atoms. The summed E-state index contributed by atoms with van der Waals surface area (Å²) in [5, 5.41) is 20.9. The monoisotopic (exact) mass is 295 g/mol. The molecular formula is C10H12BrF2NO2. The third kappa shape index (κ3) is 4.03. The zero-order chi connectivity index (χ0) is 12.1. The van der Waals surface area contributed by atoms with Crippen molar-refractivity contribution >= 4 is 15.9 Å². The van der Waals surface area contributed by atoms with E-state index < -0.39 is 12.5 Å². The number of aliphatic hydroxyl groups is 1. The number of aromatic hydroxyl groups is 1. The highest BCUT2D eigenvalue weighted by Gasteiger charge is 2.15. The summed E-state index contributed by atoms with van der Waals surface area (Å²) in [5.74, 6) is 0.0854. The first kappa shape index (κ1) is 13.3. The van der Waals surface area contributed by atoms with Crippen LogP contribution in [0.4, 0.5) is 8.78 Å². The Hall–Kier alpha value is -0.720. The van der Waals surface area contributed by atoms with Gasteiger partial charge in [-0.1, -0.05) is 15.9 Å². The second-order valence-corrected chi connectivity index (χ2v) is 4.22. The maximum atomic E-state index is 12.0. The molecule has 0 aromatic heterocycles. The van der Waals surface area contributed by atoms with E-state index in [1.165, 1.54) is 6.07 Å². The fourth-order valence-corrected chi connectivity index (χ4v) is 1.55. The van der Waals surface area contributed by atoms with Crippen molar-refractivity contribution in [1.82, 2.24) is 5.32 Å². The Balaban J connectivity index is 2.45. The molecule has 90 valence electrons. The Morgan fingerprint density at radius 3 is 2.69 bits per heavy atom. The topological polar surface area (TPSA) is 52.5 Å². The van der Waals surface area contributed by atoms with Crippen LogP contribution in [0.3, 0.4) is 0 Å². The van der Waals surface area contributed by atoms with Crippen LogP contribution >= 0.6 is 15.9 Å². The third-order valence-electron chi connectivity index (χ3n) is 2.00. The van der Waals surface area contributed by atoms with Crippen LogP contribution < -0.4 is 5.32 Å². The van der Waals surface area contributed by atoms with E-state index >= 15 is 0 Å². The van der Waals surface area contributed by atoms with Crippen molar-refractivity contribution in [2.75, 3.05) is 6.54 Å². The predicted octanol–water partition coefficient (Wildman–Crippen LogP) is 1.87. The Labute approximate surface area is 100 Å². The summed E-state index contributed by atoms with van der Waals surface area (Å²) in [7, 11) is 0. The quantitative estimate of drug-likeness (QED) is 0.777. The van der Waals surface area contributed by atoms with E-state index in [0.717, 1.165) is 4.47 Å². The summed E-state index contributed by atoms with van der Waals surface area (Å²) >= 11 is 3.23. The minimum atomic E-state index is -2.76. The maximum absolute atomic E-state index is 12.0. The van der Waals surface area contributed by atoms with E-state index in [2.05, 4.69) is 21.2 Å². The molecule has 1 atom stereocenters. The van der Waals surface area contributed by atoms with Crippen molar-refractivity contribution in [3.63, 3.8) is 0 Å². The van der Waals surface area contributed by atoms with Gasteiger partial charge in [0.15, 0.2) is 0 Å². The van der Waals surface area contributed by atoms with Gasteiger partial charge in [-0.3, -0.25) is 0 Å². The largest absolute Gasteiger partial charge is 0.508 e. The Morgan fingerprint density at radius 1 is 1.38 bits per heavy atom. The molecule has 0 aliphatic carbocycles. The van der Waals surface area contributed by atoms with Crippen LogP contribution in [-0.2, 0) is 6.54 Å². The first-order valence-electron chi connectivity index (χ1n) is 4.65. The van der Waals surface area contributed by atoms with Gasteiger partial charge in [0.05, 0.1) is 0 Å². The standard InChI is InChI=1S/C10H12BrF2NO2/c11-7-1-2-8(15)6(3-7)4-14-5-9(16)10(12)13/h1-3,9-10,14-16H,4-5H2. The Morgan fingerprint density at radius 2 is 2.06 bits per heavy atom. The molecule has 6 heteroatoms. The molecule has 1 aromatic carbocycles. The van der Waals surface area contributed by atoms with E-state index in [4.69, 9.17) is 5.11 Å². The van der Waals surface area contributed by atoms with Crippen molar-refractivity contribution in [3.05, 3.63) is 28.2 Å². The lowest BCUT2D eigenvalue weighted by molar-refractivity contribution is -0.00342. The first-order chi connectivity index (χ1) is 7.50. The molecule has 0 radical (unpaired) electrons. The lowest BCUT2D eigenvalue weighted by Crippen LogP contribution is -2.31. The van der Waals surface area contributed by atoms with Gasteiger partial charge in [-0.15, -0.1) is 0 Å². The zero-order valence-corrected chi connectivity index (χ0v) is 9.92. The summed E-state index contributed by atoms with van der Waals surface area (Å²) in [5.41, 5.74) is 0.579. The van der Waals surface area contributed by atoms with E-state index in [1.807, 2.05) is 0 Å². The predicted molar refractivity (Wildman–Crippen MR) is 59.5 cm³/mol. The number of halogens is 3. The van der Waals surface area contributed by atoms with Crippen LogP contribution in [0.2, 0.25) is 0 Å². The average Bonchev–Trinajstić information content (AvgIpc) is 2.22. The molecule has 16 heavy (non-hydrogen) atoms. The van der Waals surface area contributed by atoms with Crippen LogP contribution in [0.15, 0.2) is 22.7 Å². The van der Waals surface area contributed by atoms with Crippen LogP contribution in [0.1, 0.15) is 5.56 Å². The second-order valence-electron chi connectivity index (χ2n) is 3.31. The molecule has 0 amide bonds. The molecule has 0 aliphatic heterocycles. The Bertz CT molecular complexity index is 350. The van der Waals surface area contributed by atoms with Crippen LogP contribution in [0, 0.1) is 0 Å². The molecule has 0 fully saturated rings. The highest BCUT2D eigenvalue weighted by atomic mass is 79.9. The maximum Gasteiger partial charge on any atom is 0.265 e. The molecule has 1 aromatic rings. The van der Waals surface area contributed by atoms with Gasteiger partial charge < -0.3 is 15.5 Å². The number of benzene rings is 1. The average molecular weight is 296 g/mol. The summed E-state index contributed by atoms with van der Waals surface area (Å²) in [4.78, 5) is 0. The summed E-state index contributed by atoms with van der Waals surface area (Å²) in [6.07, 6.45) is -4.45. The SMILES string of the molecule is Oc1ccc(Br)cc1CNCC(O)C(F)F. The molecular weight excluding hydrogens is 284 g/mol. The zero-order valence-electron chi connectivity index (χ0n) is 8.33. The van der Waals surface area contributed by atoms with Gasteiger partial charge in [0.1, 0.15) is 11.9 Å². The number of hydrogen-bond donors (Lipinski definition) is 3. The second kappa shape index (κ2) is 6.12. The van der Waals surface area contributed by atoms with Gasteiger partial charge >= 0.3 is 0 Å². The molecule has 0 heterocycles. The molecule has 0 aliphatic rings. The van der Waals surface area contributed by atoms with Gasteiger partial charge in [-0.05, 0) is 18.2 Å². The van der Waals surface area contributed by atoms with Crippen LogP contribution in [0.25, 0.3) is 0 Å². The minimum absolute atomic E-state index is 0.0854. The number of alkyl halides is 2. The summed E-state index contributed by atoms with van der Waals surface area (Å²) in [6.45, 7) is -0.00132. The van der Waals surface area contributed by atoms with E-state index in [9.17, 15) is 13.9 Å². The highest BCUT2D eigenvalue weighted by Crippen LogP contribution is 2.21. The number of phenols is 1. The number of rotatable bonds is 5. The van der Waals surface area contributed by atoms with Gasteiger partial charge in [0.25, 0.3) is 6.43 Å². The fraction of sp³-hybridized carbons (Fsp3) is 0.400. The first-order valence-corrected chi connectivity index (χ1v) is 5.44. The lowest BCUT2D eigenvalue weighted by Gasteiger charge is -2.11. The van der Waals surface area contributed by atoms with Gasteiger partial charge in [-0.25, -0.2) is 8.78 Å². The van der Waals surface area contributed by atoms with Crippen LogP contribution in [0.5, 0.6) is 5.75 Å². The van der Waals surface area contributed by atoms with Gasteiger partial charge in [0.2, 0.25) is 0 Å². The molecule has 0 bridgehead atoms. The third-order valence-corrected chi connectivity index (χ3v) is 2.49. The normalized spacial score (nSPS) is 13.1. The molecule has 0 saturated heterocycles. The van der Waals surface area contributed by atoms with E-state index in [-0.39, 0.29) is 18.8 Å². The number of aliphatic hydroxyl groups excluding tert-OH is 1. The summed E-state index contributed by atoms with van der Waals surface area (Å²) < 4.78 is 24.7. The van der Waals surface area contributed by atoms with Crippen molar-refractivity contribution in [2.45, 2.75) is 19.1 Å². The van der Waals surface area contributed by atoms with Gasteiger partial charge in [0, 0.05) is 23.1 Å². The summed E-state index contributed by atoms with van der Waals surface area (Å²) in [6, 6.07) is 4.86. The molecule has 1 unspecified atom stereocenters. The number of hydrogen-bond acceptors (Lipinski definition) is 3. The molecule has 0 saturated carbocycles. The molecule has 3 N–H and O–H groups in total. The number of nitrogens with one attached hydrogen (secondary N) is 1. The molecule has 3 nitrogen and oxygen atoms in total. The van der Waals surface area contributed by atoms with E-state index in [0.29, 0.717) is 5.56 Å². The van der Waals surface area contributed by atoms with Crippen molar-refractivity contribution in [3.8, 4) is 5.75 Å². The van der Waals surface area contributed by atoms with Crippen molar-refractivity contribution in [2.24, 2.45) is 0 Å². The van der Waals surface area contributed by atoms with Gasteiger partial charge in [-0.2, -0.15) is 0 Å². The minimum Gasteiger partial charge on any atom is -0.508 e. The smallest absolute Gasteiger partial charge is 0.265 e. The highest BCUT2D eigenvalue weighted by molar-refractivity contribution is 9.10. The molecule has 1 rings (SSSR count). The number of phenolic OH excluding ortho intramolecular Hbond substituents is 1.